The molecule has 5 nitrogen and oxygen atoms in total. The van der Waals surface area contributed by atoms with Gasteiger partial charge < -0.3 is 5.73 Å². The van der Waals surface area contributed by atoms with Gasteiger partial charge >= 0.3 is 0 Å². The van der Waals surface area contributed by atoms with Crippen LogP contribution >= 0.6 is 0 Å². The molecule has 3 rings (SSSR count). The molecule has 1 aromatic carbocycles. The number of primary amides is 1. The summed E-state index contributed by atoms with van der Waals surface area (Å²) in [6, 6.07) is 10.8. The van der Waals surface area contributed by atoms with E-state index in [2.05, 4.69) is 10.1 Å². The Bertz CT molecular complexity index is 719. The summed E-state index contributed by atoms with van der Waals surface area (Å²) in [5, 5.41) is 4.85. The van der Waals surface area contributed by atoms with Crippen LogP contribution in [0.2, 0.25) is 0 Å². The normalized spacial score (nSPS) is 10.7. The van der Waals surface area contributed by atoms with Crippen LogP contribution in [0.15, 0.2) is 48.8 Å². The number of carbonyl (C=O) groups excluding carboxylic acids is 1. The minimum absolute atomic E-state index is 0.450. The van der Waals surface area contributed by atoms with E-state index >= 15 is 0 Å². The Morgan fingerprint density at radius 3 is 2.78 bits per heavy atom. The van der Waals surface area contributed by atoms with E-state index in [0.717, 1.165) is 10.9 Å². The average Bonchev–Trinajstić information content (AvgIpc) is 2.91. The molecule has 0 unspecified atom stereocenters. The van der Waals surface area contributed by atoms with E-state index in [-0.39, 0.29) is 0 Å². The van der Waals surface area contributed by atoms with Crippen LogP contribution in [0.1, 0.15) is 10.4 Å². The molecule has 0 radical (unpaired) electrons. The predicted octanol–water partition coefficient (Wildman–Crippen LogP) is 1.52. The highest BCUT2D eigenvalue weighted by molar-refractivity contribution is 6.05. The Morgan fingerprint density at radius 2 is 2.06 bits per heavy atom. The Labute approximate surface area is 103 Å². The smallest absolute Gasteiger partial charge is 0.249 e. The number of aromatic nitrogens is 3. The second kappa shape index (κ2) is 3.96. The van der Waals surface area contributed by atoms with Crippen LogP contribution in [0, 0.1) is 0 Å². The molecule has 0 aliphatic carbocycles. The molecule has 0 bridgehead atoms. The third-order valence-corrected chi connectivity index (χ3v) is 2.71. The van der Waals surface area contributed by atoms with Gasteiger partial charge in [0.25, 0.3) is 0 Å². The van der Waals surface area contributed by atoms with Gasteiger partial charge in [0.15, 0.2) is 5.82 Å². The Balaban J connectivity index is 2.33. The van der Waals surface area contributed by atoms with Crippen LogP contribution in [-0.4, -0.2) is 20.7 Å². The fourth-order valence-corrected chi connectivity index (χ4v) is 1.89. The van der Waals surface area contributed by atoms with Gasteiger partial charge in [-0.25, -0.2) is 9.67 Å². The van der Waals surface area contributed by atoms with E-state index in [0.29, 0.717) is 11.4 Å². The lowest BCUT2D eigenvalue weighted by Crippen LogP contribution is -2.13. The average molecular weight is 238 g/mol. The zero-order valence-electron chi connectivity index (χ0n) is 9.45. The van der Waals surface area contributed by atoms with Crippen molar-refractivity contribution >= 4 is 16.8 Å². The van der Waals surface area contributed by atoms with E-state index in [1.54, 1.807) is 29.2 Å². The van der Waals surface area contributed by atoms with Crippen molar-refractivity contribution in [2.75, 3.05) is 0 Å². The minimum Gasteiger partial charge on any atom is -0.366 e. The van der Waals surface area contributed by atoms with Gasteiger partial charge in [0.2, 0.25) is 5.91 Å². The zero-order chi connectivity index (χ0) is 12.5. The monoisotopic (exact) mass is 238 g/mol. The van der Waals surface area contributed by atoms with Crippen molar-refractivity contribution in [3.05, 3.63) is 54.4 Å². The third kappa shape index (κ3) is 1.62. The third-order valence-electron chi connectivity index (χ3n) is 2.71. The summed E-state index contributed by atoms with van der Waals surface area (Å²) in [7, 11) is 0. The van der Waals surface area contributed by atoms with E-state index < -0.39 is 5.91 Å². The summed E-state index contributed by atoms with van der Waals surface area (Å²) in [5.41, 5.74) is 6.58. The van der Waals surface area contributed by atoms with Crippen LogP contribution < -0.4 is 5.73 Å². The van der Waals surface area contributed by atoms with Crippen LogP contribution in [-0.2, 0) is 0 Å². The van der Waals surface area contributed by atoms with Gasteiger partial charge in [-0.3, -0.25) is 4.79 Å². The molecule has 0 spiro atoms. The zero-order valence-corrected chi connectivity index (χ0v) is 9.45. The molecule has 88 valence electrons. The van der Waals surface area contributed by atoms with Gasteiger partial charge in [0, 0.05) is 17.8 Å². The number of pyridine rings is 1. The molecule has 2 aromatic heterocycles. The van der Waals surface area contributed by atoms with Crippen LogP contribution in [0.5, 0.6) is 0 Å². The summed E-state index contributed by atoms with van der Waals surface area (Å²) in [4.78, 5) is 16.0. The lowest BCUT2D eigenvalue weighted by molar-refractivity contribution is 0.100. The Morgan fingerprint density at radius 1 is 1.22 bits per heavy atom. The van der Waals surface area contributed by atoms with E-state index in [1.165, 1.54) is 0 Å². The molecule has 3 aromatic rings. The van der Waals surface area contributed by atoms with Crippen molar-refractivity contribution in [3.8, 4) is 5.82 Å². The molecule has 0 aliphatic rings. The maximum absolute atomic E-state index is 11.5. The number of nitrogens with zero attached hydrogens (tertiary/aromatic N) is 3. The van der Waals surface area contributed by atoms with E-state index in [9.17, 15) is 4.79 Å². The highest BCUT2D eigenvalue weighted by Crippen LogP contribution is 2.19. The second-order valence-corrected chi connectivity index (χ2v) is 3.86. The molecule has 18 heavy (non-hydrogen) atoms. The van der Waals surface area contributed by atoms with Crippen molar-refractivity contribution in [3.63, 3.8) is 0 Å². The quantitative estimate of drug-likeness (QED) is 0.735. The minimum atomic E-state index is -0.470. The molecule has 0 atom stereocenters. The molecule has 0 saturated heterocycles. The predicted molar refractivity (Wildman–Crippen MR) is 67.4 cm³/mol. The first-order valence-corrected chi connectivity index (χ1v) is 5.45. The van der Waals surface area contributed by atoms with Crippen molar-refractivity contribution in [2.45, 2.75) is 0 Å². The Hall–Kier alpha value is -2.69. The van der Waals surface area contributed by atoms with Crippen molar-refractivity contribution in [1.29, 1.82) is 0 Å². The molecular formula is C13H10N4O. The molecule has 0 aliphatic heterocycles. The van der Waals surface area contributed by atoms with Crippen molar-refractivity contribution in [2.24, 2.45) is 5.73 Å². The molecule has 5 heteroatoms. The van der Waals surface area contributed by atoms with Crippen LogP contribution in [0.3, 0.4) is 0 Å². The summed E-state index contributed by atoms with van der Waals surface area (Å²) < 4.78 is 1.60. The first kappa shape index (κ1) is 10.5. The molecule has 0 saturated carbocycles. The lowest BCUT2D eigenvalue weighted by atomic mass is 10.1. The number of fused-ring (bicyclic) bond motifs is 1. The molecule has 2 heterocycles. The largest absolute Gasteiger partial charge is 0.366 e. The SMILES string of the molecule is NC(=O)c1cc(-n2cccn2)nc2ccccc12. The number of carbonyl (C=O) groups is 1. The first-order valence-electron chi connectivity index (χ1n) is 5.45. The first-order chi connectivity index (χ1) is 8.75. The maximum atomic E-state index is 11.5. The summed E-state index contributed by atoms with van der Waals surface area (Å²) in [5.74, 6) is 0.106. The number of benzene rings is 1. The summed E-state index contributed by atoms with van der Waals surface area (Å²) >= 11 is 0. The molecule has 0 fully saturated rings. The van der Waals surface area contributed by atoms with Crippen LogP contribution in [0.25, 0.3) is 16.7 Å². The number of hydrogen-bond donors (Lipinski definition) is 1. The van der Waals surface area contributed by atoms with Crippen molar-refractivity contribution in [1.82, 2.24) is 14.8 Å². The number of rotatable bonds is 2. The lowest BCUT2D eigenvalue weighted by Gasteiger charge is -2.06. The summed E-state index contributed by atoms with van der Waals surface area (Å²) in [6.45, 7) is 0. The highest BCUT2D eigenvalue weighted by Gasteiger charge is 2.10. The van der Waals surface area contributed by atoms with Gasteiger partial charge in [-0.15, -0.1) is 0 Å². The Kier molecular flexibility index (Phi) is 2.30. The van der Waals surface area contributed by atoms with E-state index in [1.807, 2.05) is 24.3 Å². The number of amides is 1. The van der Waals surface area contributed by atoms with E-state index in [4.69, 9.17) is 5.73 Å². The van der Waals surface area contributed by atoms with Gasteiger partial charge in [-0.05, 0) is 18.2 Å². The number of para-hydroxylation sites is 1. The highest BCUT2D eigenvalue weighted by atomic mass is 16.1. The van der Waals surface area contributed by atoms with Gasteiger partial charge in [-0.1, -0.05) is 18.2 Å². The summed E-state index contributed by atoms with van der Waals surface area (Å²) in [6.07, 6.45) is 3.42. The fraction of sp³-hybridized carbons (Fsp3) is 0. The van der Waals surface area contributed by atoms with Gasteiger partial charge in [-0.2, -0.15) is 5.10 Å². The van der Waals surface area contributed by atoms with Gasteiger partial charge in [0.1, 0.15) is 0 Å². The number of nitrogens with two attached hydrogens (primary N) is 1. The standard InChI is InChI=1S/C13H10N4O/c14-13(18)10-8-12(17-7-3-6-15-17)16-11-5-2-1-4-9(10)11/h1-8H,(H2,14,18). The second-order valence-electron chi connectivity index (χ2n) is 3.86. The van der Waals surface area contributed by atoms with Gasteiger partial charge in [0.05, 0.1) is 11.1 Å². The molecule has 2 N–H and O–H groups in total. The van der Waals surface area contributed by atoms with Crippen LogP contribution in [0.4, 0.5) is 0 Å². The molecular weight excluding hydrogens is 228 g/mol. The molecule has 1 amide bonds. The fourth-order valence-electron chi connectivity index (χ4n) is 1.89. The number of hydrogen-bond acceptors (Lipinski definition) is 3. The topological polar surface area (TPSA) is 73.8 Å². The van der Waals surface area contributed by atoms with Crippen molar-refractivity contribution < 1.29 is 4.79 Å². The maximum Gasteiger partial charge on any atom is 0.249 e.